The molecule has 1 unspecified atom stereocenters. The van der Waals surface area contributed by atoms with Crippen LogP contribution in [0.25, 0.3) is 0 Å². The maximum atomic E-state index is 11.5. The van der Waals surface area contributed by atoms with Crippen molar-refractivity contribution in [2.45, 2.75) is 32.6 Å². The lowest BCUT2D eigenvalue weighted by Gasteiger charge is -2.12. The van der Waals surface area contributed by atoms with Crippen molar-refractivity contribution < 1.29 is 34.2 Å². The van der Waals surface area contributed by atoms with Crippen LogP contribution < -0.4 is 5.48 Å². The molecule has 1 aromatic carbocycles. The molecule has 0 spiro atoms. The van der Waals surface area contributed by atoms with E-state index in [1.165, 1.54) is 18.2 Å². The molecule has 0 saturated carbocycles. The van der Waals surface area contributed by atoms with E-state index in [0.717, 1.165) is 0 Å². The SMILES string of the molecule is CCC(=O)ONC(=O)CCC(Cc1cccc(C(=O)O)c1)C(=O)O. The number of benzene rings is 1. The molecule has 1 rings (SSSR count). The van der Waals surface area contributed by atoms with Crippen LogP contribution in [0.3, 0.4) is 0 Å². The summed E-state index contributed by atoms with van der Waals surface area (Å²) in [5, 5.41) is 18.2. The van der Waals surface area contributed by atoms with Crippen LogP contribution in [0.4, 0.5) is 0 Å². The average molecular weight is 337 g/mol. The first kappa shape index (κ1) is 19.1. The molecule has 1 atom stereocenters. The van der Waals surface area contributed by atoms with Gasteiger partial charge in [0, 0.05) is 12.8 Å². The number of amides is 1. The fourth-order valence-corrected chi connectivity index (χ4v) is 1.97. The minimum Gasteiger partial charge on any atom is -0.481 e. The molecule has 0 aliphatic carbocycles. The van der Waals surface area contributed by atoms with Crippen molar-refractivity contribution in [2.75, 3.05) is 0 Å². The first-order valence-corrected chi connectivity index (χ1v) is 7.37. The van der Waals surface area contributed by atoms with Gasteiger partial charge in [0.05, 0.1) is 11.5 Å². The molecule has 0 aliphatic heterocycles. The molecule has 8 heteroatoms. The molecular weight excluding hydrogens is 318 g/mol. The molecule has 0 heterocycles. The van der Waals surface area contributed by atoms with Gasteiger partial charge < -0.3 is 15.1 Å². The monoisotopic (exact) mass is 337 g/mol. The van der Waals surface area contributed by atoms with Gasteiger partial charge in [-0.1, -0.05) is 19.1 Å². The first-order valence-electron chi connectivity index (χ1n) is 7.37. The number of aromatic carboxylic acids is 1. The highest BCUT2D eigenvalue weighted by atomic mass is 16.7. The average Bonchev–Trinajstić information content (AvgIpc) is 2.56. The number of hydrogen-bond acceptors (Lipinski definition) is 5. The normalized spacial score (nSPS) is 11.4. The lowest BCUT2D eigenvalue weighted by molar-refractivity contribution is -0.158. The van der Waals surface area contributed by atoms with E-state index in [-0.39, 0.29) is 31.2 Å². The number of carbonyl (C=O) groups is 4. The molecule has 0 aromatic heterocycles. The van der Waals surface area contributed by atoms with Crippen LogP contribution in [0.15, 0.2) is 24.3 Å². The minimum atomic E-state index is -1.10. The number of carbonyl (C=O) groups excluding carboxylic acids is 2. The summed E-state index contributed by atoms with van der Waals surface area (Å²) in [5.74, 6) is -4.23. The third kappa shape index (κ3) is 6.47. The summed E-state index contributed by atoms with van der Waals surface area (Å²) in [6.07, 6.45) is 0.102. The standard InChI is InChI=1S/C16H19NO7/c1-2-14(19)24-17-13(18)7-6-12(16(22)23)9-10-4-3-5-11(8-10)15(20)21/h3-5,8,12H,2,6-7,9H2,1H3,(H,17,18)(H,20,21)(H,22,23). The zero-order valence-electron chi connectivity index (χ0n) is 13.2. The van der Waals surface area contributed by atoms with Gasteiger partial charge in [0.1, 0.15) is 0 Å². The Hall–Kier alpha value is -2.90. The molecule has 3 N–H and O–H groups in total. The van der Waals surface area contributed by atoms with Gasteiger partial charge in [-0.05, 0) is 30.5 Å². The van der Waals surface area contributed by atoms with Gasteiger partial charge in [0.15, 0.2) is 0 Å². The van der Waals surface area contributed by atoms with Crippen LogP contribution in [0.2, 0.25) is 0 Å². The smallest absolute Gasteiger partial charge is 0.335 e. The van der Waals surface area contributed by atoms with Gasteiger partial charge in [-0.2, -0.15) is 5.48 Å². The Morgan fingerprint density at radius 2 is 1.92 bits per heavy atom. The van der Waals surface area contributed by atoms with Gasteiger partial charge in [-0.3, -0.25) is 9.59 Å². The molecule has 24 heavy (non-hydrogen) atoms. The van der Waals surface area contributed by atoms with E-state index in [2.05, 4.69) is 4.84 Å². The largest absolute Gasteiger partial charge is 0.481 e. The fraction of sp³-hybridized carbons (Fsp3) is 0.375. The Bertz CT molecular complexity index is 627. The second-order valence-corrected chi connectivity index (χ2v) is 5.14. The van der Waals surface area contributed by atoms with E-state index in [4.69, 9.17) is 5.11 Å². The topological polar surface area (TPSA) is 130 Å². The second kappa shape index (κ2) is 9.29. The molecule has 8 nitrogen and oxygen atoms in total. The number of rotatable bonds is 8. The maximum Gasteiger partial charge on any atom is 0.335 e. The number of aliphatic carboxylic acids is 1. The molecule has 1 aromatic rings. The van der Waals surface area contributed by atoms with Crippen LogP contribution in [-0.2, 0) is 25.6 Å². The van der Waals surface area contributed by atoms with E-state index in [9.17, 15) is 24.3 Å². The van der Waals surface area contributed by atoms with E-state index in [0.29, 0.717) is 5.56 Å². The maximum absolute atomic E-state index is 11.5. The lowest BCUT2D eigenvalue weighted by atomic mass is 9.94. The van der Waals surface area contributed by atoms with Crippen LogP contribution in [0, 0.1) is 5.92 Å². The van der Waals surface area contributed by atoms with Crippen LogP contribution in [0.1, 0.15) is 42.1 Å². The zero-order chi connectivity index (χ0) is 18.1. The van der Waals surface area contributed by atoms with Gasteiger partial charge in [0.25, 0.3) is 5.91 Å². The highest BCUT2D eigenvalue weighted by molar-refractivity contribution is 5.87. The van der Waals surface area contributed by atoms with Crippen LogP contribution in [-0.4, -0.2) is 34.0 Å². The van der Waals surface area contributed by atoms with Gasteiger partial charge >= 0.3 is 17.9 Å². The van der Waals surface area contributed by atoms with Crippen LogP contribution in [0.5, 0.6) is 0 Å². The van der Waals surface area contributed by atoms with Crippen molar-refractivity contribution >= 4 is 23.8 Å². The Morgan fingerprint density at radius 3 is 2.50 bits per heavy atom. The van der Waals surface area contributed by atoms with Crippen LogP contribution >= 0.6 is 0 Å². The molecule has 0 radical (unpaired) electrons. The summed E-state index contributed by atoms with van der Waals surface area (Å²) < 4.78 is 0. The van der Waals surface area contributed by atoms with E-state index in [1.807, 2.05) is 5.48 Å². The van der Waals surface area contributed by atoms with Crippen molar-refractivity contribution in [1.29, 1.82) is 0 Å². The number of hydrogen-bond donors (Lipinski definition) is 3. The Morgan fingerprint density at radius 1 is 1.21 bits per heavy atom. The molecule has 130 valence electrons. The minimum absolute atomic E-state index is 0.0299. The van der Waals surface area contributed by atoms with E-state index >= 15 is 0 Å². The zero-order valence-corrected chi connectivity index (χ0v) is 13.2. The number of nitrogens with one attached hydrogen (secondary N) is 1. The van der Waals surface area contributed by atoms with Crippen molar-refractivity contribution in [3.05, 3.63) is 35.4 Å². The predicted octanol–water partition coefficient (Wildman–Crippen LogP) is 1.39. The highest BCUT2D eigenvalue weighted by Crippen LogP contribution is 2.16. The lowest BCUT2D eigenvalue weighted by Crippen LogP contribution is -2.28. The highest BCUT2D eigenvalue weighted by Gasteiger charge is 2.20. The number of carboxylic acid groups (broad SMARTS) is 2. The Balaban J connectivity index is 2.60. The van der Waals surface area contributed by atoms with Crippen molar-refractivity contribution in [1.82, 2.24) is 5.48 Å². The first-order chi connectivity index (χ1) is 11.3. The fourth-order valence-electron chi connectivity index (χ4n) is 1.97. The number of hydroxylamine groups is 1. The van der Waals surface area contributed by atoms with Gasteiger partial charge in [0.2, 0.25) is 0 Å². The van der Waals surface area contributed by atoms with Crippen molar-refractivity contribution in [3.8, 4) is 0 Å². The molecule has 0 saturated heterocycles. The molecule has 0 aliphatic rings. The Labute approximate surface area is 138 Å². The van der Waals surface area contributed by atoms with Gasteiger partial charge in [-0.15, -0.1) is 0 Å². The predicted molar refractivity (Wildman–Crippen MR) is 82.0 cm³/mol. The molecular formula is C16H19NO7. The van der Waals surface area contributed by atoms with E-state index < -0.39 is 29.7 Å². The summed E-state index contributed by atoms with van der Waals surface area (Å²) in [4.78, 5) is 49.1. The molecule has 0 fully saturated rings. The Kier molecular flexibility index (Phi) is 7.41. The summed E-state index contributed by atoms with van der Waals surface area (Å²) in [5.41, 5.74) is 2.58. The molecule has 1 amide bonds. The summed E-state index contributed by atoms with van der Waals surface area (Å²) in [6.45, 7) is 1.57. The second-order valence-electron chi connectivity index (χ2n) is 5.14. The van der Waals surface area contributed by atoms with Gasteiger partial charge in [-0.25, -0.2) is 9.59 Å². The summed E-state index contributed by atoms with van der Waals surface area (Å²) in [7, 11) is 0. The third-order valence-electron chi connectivity index (χ3n) is 3.29. The van der Waals surface area contributed by atoms with Crippen molar-refractivity contribution in [2.24, 2.45) is 5.92 Å². The van der Waals surface area contributed by atoms with E-state index in [1.54, 1.807) is 13.0 Å². The number of carboxylic acids is 2. The molecule has 0 bridgehead atoms. The quantitative estimate of drug-likeness (QED) is 0.611. The third-order valence-corrected chi connectivity index (χ3v) is 3.29. The summed E-state index contributed by atoms with van der Waals surface area (Å²) in [6, 6.07) is 5.98. The van der Waals surface area contributed by atoms with Crippen molar-refractivity contribution in [3.63, 3.8) is 0 Å². The summed E-state index contributed by atoms with van der Waals surface area (Å²) >= 11 is 0.